The van der Waals surface area contributed by atoms with E-state index in [0.29, 0.717) is 11.6 Å². The minimum Gasteiger partial charge on any atom is -0.368 e. The summed E-state index contributed by atoms with van der Waals surface area (Å²) in [6.07, 6.45) is 1.60. The molecule has 0 aliphatic carbocycles. The lowest BCUT2D eigenvalue weighted by molar-refractivity contribution is 0.865. The largest absolute Gasteiger partial charge is 0.368 e. The van der Waals surface area contributed by atoms with E-state index in [1.54, 1.807) is 18.1 Å². The van der Waals surface area contributed by atoms with Crippen LogP contribution in [0.25, 0.3) is 11.2 Å². The number of H-pyrrole nitrogens is 1. The maximum atomic E-state index is 5.71. The maximum absolute atomic E-state index is 5.71. The summed E-state index contributed by atoms with van der Waals surface area (Å²) in [5, 5.41) is 0.794. The number of nitrogens with two attached hydrogens (primary N) is 1. The lowest BCUT2D eigenvalue weighted by atomic mass is 10.0. The Morgan fingerprint density at radius 3 is 2.60 bits per heavy atom. The standard InChI is InChI=1S/C14H15N5S/c1-8(2)9-3-5-10(6-4-9)20-13-11-12(17-7-16-11)18-14(15)19-13/h3-8H,1-2H3,(H3,15,16,17,18,19). The molecule has 1 aromatic carbocycles. The highest BCUT2D eigenvalue weighted by Gasteiger charge is 2.10. The fourth-order valence-electron chi connectivity index (χ4n) is 1.93. The third-order valence-corrected chi connectivity index (χ3v) is 4.03. The minimum absolute atomic E-state index is 0.242. The van der Waals surface area contributed by atoms with Crippen molar-refractivity contribution < 1.29 is 0 Å². The number of hydrogen-bond acceptors (Lipinski definition) is 5. The van der Waals surface area contributed by atoms with E-state index in [0.717, 1.165) is 15.4 Å². The van der Waals surface area contributed by atoms with Crippen LogP contribution in [0.4, 0.5) is 5.95 Å². The maximum Gasteiger partial charge on any atom is 0.223 e. The Labute approximate surface area is 121 Å². The average molecular weight is 285 g/mol. The van der Waals surface area contributed by atoms with Crippen LogP contribution in [0.15, 0.2) is 40.5 Å². The second-order valence-corrected chi connectivity index (χ2v) is 5.88. The van der Waals surface area contributed by atoms with Gasteiger partial charge in [0.05, 0.1) is 6.33 Å². The molecule has 0 saturated carbocycles. The molecule has 0 radical (unpaired) electrons. The Morgan fingerprint density at radius 1 is 1.15 bits per heavy atom. The van der Waals surface area contributed by atoms with Crippen molar-refractivity contribution in [2.24, 2.45) is 0 Å². The SMILES string of the molecule is CC(C)c1ccc(Sc2nc(N)nc3nc[nH]c23)cc1. The van der Waals surface area contributed by atoms with Gasteiger partial charge in [0.25, 0.3) is 0 Å². The molecular weight excluding hydrogens is 270 g/mol. The summed E-state index contributed by atoms with van der Waals surface area (Å²) in [5.41, 5.74) is 8.45. The van der Waals surface area contributed by atoms with Crippen molar-refractivity contribution in [3.8, 4) is 0 Å². The highest BCUT2D eigenvalue weighted by molar-refractivity contribution is 7.99. The van der Waals surface area contributed by atoms with Crippen LogP contribution in [-0.2, 0) is 0 Å². The zero-order chi connectivity index (χ0) is 14.1. The highest BCUT2D eigenvalue weighted by atomic mass is 32.2. The van der Waals surface area contributed by atoms with E-state index in [1.807, 2.05) is 0 Å². The summed E-state index contributed by atoms with van der Waals surface area (Å²) in [6, 6.07) is 8.48. The fraction of sp³-hybridized carbons (Fsp3) is 0.214. The first-order valence-corrected chi connectivity index (χ1v) is 7.19. The molecule has 0 fully saturated rings. The minimum atomic E-state index is 0.242. The molecule has 0 amide bonds. The number of nitrogen functional groups attached to an aromatic ring is 1. The van der Waals surface area contributed by atoms with Crippen LogP contribution < -0.4 is 5.73 Å². The van der Waals surface area contributed by atoms with Gasteiger partial charge >= 0.3 is 0 Å². The van der Waals surface area contributed by atoms with E-state index >= 15 is 0 Å². The van der Waals surface area contributed by atoms with E-state index in [2.05, 4.69) is 58.0 Å². The molecule has 0 aliphatic heterocycles. The normalized spacial score (nSPS) is 11.3. The molecule has 5 nitrogen and oxygen atoms in total. The molecule has 0 bridgehead atoms. The molecule has 0 saturated heterocycles. The van der Waals surface area contributed by atoms with Gasteiger partial charge < -0.3 is 10.7 Å². The molecule has 3 aromatic rings. The highest BCUT2D eigenvalue weighted by Crippen LogP contribution is 2.31. The number of nitrogens with zero attached hydrogens (tertiary/aromatic N) is 3. The fourth-order valence-corrected chi connectivity index (χ4v) is 2.82. The Morgan fingerprint density at radius 2 is 1.90 bits per heavy atom. The van der Waals surface area contributed by atoms with Crippen molar-refractivity contribution >= 4 is 28.9 Å². The molecule has 20 heavy (non-hydrogen) atoms. The molecule has 0 unspecified atom stereocenters. The molecule has 0 atom stereocenters. The third-order valence-electron chi connectivity index (χ3n) is 3.03. The Balaban J connectivity index is 1.94. The van der Waals surface area contributed by atoms with Crippen LogP contribution in [0.1, 0.15) is 25.3 Å². The van der Waals surface area contributed by atoms with Gasteiger partial charge in [-0.15, -0.1) is 0 Å². The predicted octanol–water partition coefficient (Wildman–Crippen LogP) is 3.21. The first-order chi connectivity index (χ1) is 9.63. The summed E-state index contributed by atoms with van der Waals surface area (Å²) in [7, 11) is 0. The van der Waals surface area contributed by atoms with Crippen molar-refractivity contribution in [1.29, 1.82) is 0 Å². The number of nitrogens with one attached hydrogen (secondary N) is 1. The van der Waals surface area contributed by atoms with Gasteiger partial charge in [0, 0.05) is 4.90 Å². The van der Waals surface area contributed by atoms with Crippen molar-refractivity contribution in [2.75, 3.05) is 5.73 Å². The van der Waals surface area contributed by atoms with Gasteiger partial charge in [0.2, 0.25) is 5.95 Å². The monoisotopic (exact) mass is 285 g/mol. The Hall–Kier alpha value is -2.08. The number of benzene rings is 1. The van der Waals surface area contributed by atoms with Gasteiger partial charge in [-0.3, -0.25) is 0 Å². The van der Waals surface area contributed by atoms with E-state index in [4.69, 9.17) is 5.73 Å². The molecular formula is C14H15N5S. The number of imidazole rings is 1. The van der Waals surface area contributed by atoms with Crippen LogP contribution in [0.5, 0.6) is 0 Å². The van der Waals surface area contributed by atoms with Crippen LogP contribution in [0.2, 0.25) is 0 Å². The molecule has 2 heterocycles. The number of aromatic amines is 1. The van der Waals surface area contributed by atoms with E-state index in [-0.39, 0.29) is 5.95 Å². The van der Waals surface area contributed by atoms with Gasteiger partial charge in [-0.25, -0.2) is 9.97 Å². The number of fused-ring (bicyclic) bond motifs is 1. The third kappa shape index (κ3) is 2.46. The lowest BCUT2D eigenvalue weighted by Crippen LogP contribution is -1.97. The molecule has 3 rings (SSSR count). The summed E-state index contributed by atoms with van der Waals surface area (Å²) >= 11 is 1.55. The molecule has 102 valence electrons. The van der Waals surface area contributed by atoms with Crippen LogP contribution in [0.3, 0.4) is 0 Å². The van der Waals surface area contributed by atoms with E-state index in [1.165, 1.54) is 5.56 Å². The van der Waals surface area contributed by atoms with E-state index in [9.17, 15) is 0 Å². The van der Waals surface area contributed by atoms with Crippen LogP contribution in [-0.4, -0.2) is 19.9 Å². The predicted molar refractivity (Wildman–Crippen MR) is 80.8 cm³/mol. The smallest absolute Gasteiger partial charge is 0.223 e. The van der Waals surface area contributed by atoms with Gasteiger partial charge in [0.1, 0.15) is 10.5 Å². The Kier molecular flexibility index (Phi) is 3.31. The quantitative estimate of drug-likeness (QED) is 0.722. The topological polar surface area (TPSA) is 80.5 Å². The van der Waals surface area contributed by atoms with Gasteiger partial charge in [-0.2, -0.15) is 4.98 Å². The second kappa shape index (κ2) is 5.13. The number of aromatic nitrogens is 4. The molecule has 6 heteroatoms. The summed E-state index contributed by atoms with van der Waals surface area (Å²) in [6.45, 7) is 4.36. The Bertz CT molecular complexity index is 733. The molecule has 3 N–H and O–H groups in total. The van der Waals surface area contributed by atoms with Crippen molar-refractivity contribution in [1.82, 2.24) is 19.9 Å². The first kappa shape index (κ1) is 12.9. The van der Waals surface area contributed by atoms with Crippen LogP contribution >= 0.6 is 11.8 Å². The van der Waals surface area contributed by atoms with Gasteiger partial charge in [-0.05, 0) is 23.6 Å². The van der Waals surface area contributed by atoms with Crippen molar-refractivity contribution in [3.63, 3.8) is 0 Å². The molecule has 0 spiro atoms. The van der Waals surface area contributed by atoms with Crippen LogP contribution in [0, 0.1) is 0 Å². The number of hydrogen-bond donors (Lipinski definition) is 2. The number of anilines is 1. The molecule has 2 aromatic heterocycles. The summed E-state index contributed by atoms with van der Waals surface area (Å²) < 4.78 is 0. The lowest BCUT2D eigenvalue weighted by Gasteiger charge is -2.07. The molecule has 0 aliphatic rings. The van der Waals surface area contributed by atoms with Crippen molar-refractivity contribution in [3.05, 3.63) is 36.2 Å². The second-order valence-electron chi connectivity index (χ2n) is 4.81. The zero-order valence-corrected chi connectivity index (χ0v) is 12.1. The average Bonchev–Trinajstić information content (AvgIpc) is 2.87. The zero-order valence-electron chi connectivity index (χ0n) is 11.3. The number of rotatable bonds is 3. The summed E-state index contributed by atoms with van der Waals surface area (Å²) in [5.74, 6) is 0.772. The first-order valence-electron chi connectivity index (χ1n) is 6.38. The van der Waals surface area contributed by atoms with E-state index < -0.39 is 0 Å². The van der Waals surface area contributed by atoms with Gasteiger partial charge in [-0.1, -0.05) is 37.7 Å². The van der Waals surface area contributed by atoms with Crippen molar-refractivity contribution in [2.45, 2.75) is 29.7 Å². The van der Waals surface area contributed by atoms with Gasteiger partial charge in [0.15, 0.2) is 5.65 Å². The summed E-state index contributed by atoms with van der Waals surface area (Å²) in [4.78, 5) is 16.7.